The Balaban J connectivity index is 0.000000343. The molecule has 2 aliphatic heterocycles. The van der Waals surface area contributed by atoms with Crippen molar-refractivity contribution in [3.8, 4) is 0 Å². The molecular formula is C24H23F2LiN4O5. The maximum atomic E-state index is 13.4. The molecule has 0 saturated heterocycles. The topological polar surface area (TPSA) is 143 Å². The molecule has 0 unspecified atom stereocenters. The van der Waals surface area contributed by atoms with Crippen molar-refractivity contribution in [3.63, 3.8) is 0 Å². The van der Waals surface area contributed by atoms with Gasteiger partial charge in [0.2, 0.25) is 0 Å². The summed E-state index contributed by atoms with van der Waals surface area (Å²) in [6.07, 6.45) is 1.17. The minimum Gasteiger partial charge on any atom is -0.870 e. The van der Waals surface area contributed by atoms with Crippen LogP contribution in [0.15, 0.2) is 68.9 Å². The van der Waals surface area contributed by atoms with E-state index in [1.807, 2.05) is 0 Å². The zero-order valence-electron chi connectivity index (χ0n) is 19.8. The van der Waals surface area contributed by atoms with Crippen LogP contribution in [0, 0.1) is 11.6 Å². The quantitative estimate of drug-likeness (QED) is 0.445. The molecule has 12 heteroatoms. The minimum atomic E-state index is -1.08. The van der Waals surface area contributed by atoms with Crippen LogP contribution in [0.25, 0.3) is 0 Å². The Hall–Kier alpha value is -3.52. The number of carbonyl (C=O) groups excluding carboxylic acids is 1. The molecule has 0 fully saturated rings. The number of halogens is 2. The number of hydrogen-bond donors (Lipinski definition) is 1. The smallest absolute Gasteiger partial charge is 0.870 e. The summed E-state index contributed by atoms with van der Waals surface area (Å²) in [6.45, 7) is 2.04. The van der Waals surface area contributed by atoms with Gasteiger partial charge in [0, 0.05) is 25.7 Å². The van der Waals surface area contributed by atoms with Crippen LogP contribution in [0.3, 0.4) is 0 Å². The van der Waals surface area contributed by atoms with Crippen molar-refractivity contribution in [2.24, 2.45) is 20.4 Å². The van der Waals surface area contributed by atoms with Gasteiger partial charge in [0.15, 0.2) is 11.4 Å². The van der Waals surface area contributed by atoms with Crippen molar-refractivity contribution in [1.29, 1.82) is 0 Å². The molecule has 0 aromatic heterocycles. The molecule has 2 aromatic carbocycles. The Morgan fingerprint density at radius 3 is 1.69 bits per heavy atom. The van der Waals surface area contributed by atoms with Gasteiger partial charge in [-0.1, -0.05) is 36.4 Å². The summed E-state index contributed by atoms with van der Waals surface area (Å²) in [6, 6.07) is 12.8. The fraction of sp³-hybridized carbons (Fsp3) is 0.250. The molecule has 184 valence electrons. The Morgan fingerprint density at radius 2 is 1.28 bits per heavy atom. The van der Waals surface area contributed by atoms with Crippen LogP contribution in [-0.4, -0.2) is 52.0 Å². The molecule has 0 radical (unpaired) electrons. The van der Waals surface area contributed by atoms with E-state index in [1.165, 1.54) is 12.1 Å². The van der Waals surface area contributed by atoms with Gasteiger partial charge in [-0.05, 0) is 30.2 Å². The number of esters is 1. The zero-order valence-corrected chi connectivity index (χ0v) is 19.8. The van der Waals surface area contributed by atoms with Gasteiger partial charge < -0.3 is 15.3 Å². The van der Waals surface area contributed by atoms with Crippen LogP contribution in [0.5, 0.6) is 0 Å². The summed E-state index contributed by atoms with van der Waals surface area (Å²) >= 11 is 0. The number of carboxylic acids is 1. The third-order valence-electron chi connectivity index (χ3n) is 4.83. The molecule has 9 nitrogen and oxygen atoms in total. The van der Waals surface area contributed by atoms with E-state index >= 15 is 0 Å². The number of rotatable bonds is 7. The summed E-state index contributed by atoms with van der Waals surface area (Å²) in [5.74, 6) is -2.11. The average molecular weight is 492 g/mol. The van der Waals surface area contributed by atoms with Gasteiger partial charge in [-0.25, -0.2) is 18.4 Å². The van der Waals surface area contributed by atoms with E-state index in [4.69, 9.17) is 9.84 Å². The van der Waals surface area contributed by atoms with E-state index in [9.17, 15) is 18.4 Å². The summed E-state index contributed by atoms with van der Waals surface area (Å²) in [5.41, 5.74) is 2.58. The van der Waals surface area contributed by atoms with Gasteiger partial charge in [-0.3, -0.25) is 0 Å². The standard InChI is InChI=1S/C13H13FN2O2.C11H9FN2O2.Li.H2O/c1-2-18-13(17)12-8-10(15-16-12)7-9-5-3-4-6-11(9)14;12-9-4-2-1-3-7(9)5-8-6-10(11(15)16)14-13-8;;/h3-6H,2,7-8H2,1H3;1-4H,5-6H2,(H,15,16);;1H2/q;;+1;/p-1. The molecule has 36 heavy (non-hydrogen) atoms. The molecular weight excluding hydrogens is 469 g/mol. The maximum Gasteiger partial charge on any atom is 1.00 e. The largest absolute Gasteiger partial charge is 1.00 e. The van der Waals surface area contributed by atoms with Crippen LogP contribution >= 0.6 is 0 Å². The van der Waals surface area contributed by atoms with Gasteiger partial charge in [0.25, 0.3) is 0 Å². The third-order valence-corrected chi connectivity index (χ3v) is 4.83. The molecule has 0 aliphatic carbocycles. The van der Waals surface area contributed by atoms with E-state index in [-0.39, 0.29) is 53.8 Å². The van der Waals surface area contributed by atoms with Gasteiger partial charge in [0.1, 0.15) is 11.6 Å². The fourth-order valence-electron chi connectivity index (χ4n) is 3.15. The predicted molar refractivity (Wildman–Crippen MR) is 125 cm³/mol. The second-order valence-corrected chi connectivity index (χ2v) is 7.34. The Morgan fingerprint density at radius 1 is 0.833 bits per heavy atom. The molecule has 2 heterocycles. The second-order valence-electron chi connectivity index (χ2n) is 7.34. The summed E-state index contributed by atoms with van der Waals surface area (Å²) < 4.78 is 31.6. The molecule has 0 saturated carbocycles. The van der Waals surface area contributed by atoms with E-state index in [2.05, 4.69) is 20.4 Å². The Labute approximate surface area is 218 Å². The molecule has 2 aliphatic rings. The summed E-state index contributed by atoms with van der Waals surface area (Å²) in [5, 5.41) is 23.6. The molecule has 4 rings (SSSR count). The van der Waals surface area contributed by atoms with Crippen molar-refractivity contribution >= 4 is 34.8 Å². The van der Waals surface area contributed by atoms with Crippen molar-refractivity contribution in [1.82, 2.24) is 0 Å². The summed E-state index contributed by atoms with van der Waals surface area (Å²) in [7, 11) is 0. The third kappa shape index (κ3) is 8.60. The predicted octanol–water partition coefficient (Wildman–Crippen LogP) is 0.613. The van der Waals surface area contributed by atoms with Crippen LogP contribution in [-0.2, 0) is 27.2 Å². The van der Waals surface area contributed by atoms with Crippen LogP contribution in [0.4, 0.5) is 8.78 Å². The minimum absolute atomic E-state index is 0. The average Bonchev–Trinajstić information content (AvgIpc) is 3.48. The Bertz CT molecular complexity index is 1210. The number of ether oxygens (including phenoxy) is 1. The number of carbonyl (C=O) groups is 2. The number of benzene rings is 2. The molecule has 0 spiro atoms. The number of nitrogens with zero attached hydrogens (tertiary/aromatic N) is 4. The van der Waals surface area contributed by atoms with E-state index in [0.717, 1.165) is 0 Å². The van der Waals surface area contributed by atoms with E-state index < -0.39 is 11.9 Å². The second kappa shape index (κ2) is 14.8. The molecule has 0 amide bonds. The molecule has 2 N–H and O–H groups in total. The first kappa shape index (κ1) is 30.5. The monoisotopic (exact) mass is 492 g/mol. The van der Waals surface area contributed by atoms with E-state index in [1.54, 1.807) is 43.3 Å². The summed E-state index contributed by atoms with van der Waals surface area (Å²) in [4.78, 5) is 22.0. The van der Waals surface area contributed by atoms with Crippen LogP contribution in [0.1, 0.15) is 30.9 Å². The van der Waals surface area contributed by atoms with E-state index in [0.29, 0.717) is 48.4 Å². The first-order valence-corrected chi connectivity index (χ1v) is 10.5. The first-order chi connectivity index (χ1) is 16.4. The SMILES string of the molecule is CCOC(=O)C1=NN=C(Cc2ccccc2F)C1.O=C(O)C1=NN=C(Cc2ccccc2F)C1.[Li+].[OH-]. The van der Waals surface area contributed by atoms with Gasteiger partial charge in [-0.2, -0.15) is 10.2 Å². The first-order valence-electron chi connectivity index (χ1n) is 10.5. The molecule has 0 bridgehead atoms. The fourth-order valence-corrected chi connectivity index (χ4v) is 3.15. The molecule has 0 atom stereocenters. The van der Waals surface area contributed by atoms with Crippen LogP contribution < -0.4 is 18.9 Å². The van der Waals surface area contributed by atoms with Crippen molar-refractivity contribution in [2.75, 3.05) is 6.61 Å². The number of hydrogen-bond acceptors (Lipinski definition) is 8. The molecule has 2 aromatic rings. The number of carboxylic acid groups (broad SMARTS) is 1. The van der Waals surface area contributed by atoms with Gasteiger partial charge >= 0.3 is 30.8 Å². The van der Waals surface area contributed by atoms with Crippen molar-refractivity contribution in [3.05, 3.63) is 71.3 Å². The maximum absolute atomic E-state index is 13.4. The van der Waals surface area contributed by atoms with Gasteiger partial charge in [-0.15, -0.1) is 10.2 Å². The van der Waals surface area contributed by atoms with Crippen molar-refractivity contribution in [2.45, 2.75) is 32.6 Å². The number of aliphatic carboxylic acids is 1. The van der Waals surface area contributed by atoms with Crippen LogP contribution in [0.2, 0.25) is 0 Å². The normalized spacial score (nSPS) is 13.5. The van der Waals surface area contributed by atoms with Gasteiger partial charge in [0.05, 0.1) is 18.0 Å². The zero-order chi connectivity index (χ0) is 24.5. The van der Waals surface area contributed by atoms with Crippen molar-refractivity contribution < 1.29 is 52.6 Å². The Kier molecular flexibility index (Phi) is 12.5.